The largest absolute Gasteiger partial charge is 0.107 e. The van der Waals surface area contributed by atoms with Crippen LogP contribution in [0.15, 0.2) is 24.6 Å². The monoisotopic (exact) mass is 266 g/mol. The van der Waals surface area contributed by atoms with Crippen molar-refractivity contribution in [2.45, 2.75) is 83.7 Å². The molecule has 0 nitrogen and oxygen atoms in total. The summed E-state index contributed by atoms with van der Waals surface area (Å²) in [6, 6.07) is 2.75. The van der Waals surface area contributed by atoms with Crippen molar-refractivity contribution in [1.82, 2.24) is 0 Å². The normalized spacial score (nSPS) is 11.4. The summed E-state index contributed by atoms with van der Waals surface area (Å²) in [7, 11) is -1.31. The van der Waals surface area contributed by atoms with Gasteiger partial charge in [0.05, 0.1) is 0 Å². The average molecular weight is 267 g/mol. The third-order valence-corrected chi connectivity index (χ3v) is 8.25. The zero-order valence-electron chi connectivity index (χ0n) is 12.8. The fourth-order valence-electron chi connectivity index (χ4n) is 2.53. The SMILES string of the molecule is C=C[Si](C=C)(CCCC)CCCCCCCCC. The highest BCUT2D eigenvalue weighted by atomic mass is 28.3. The molecule has 0 aliphatic heterocycles. The van der Waals surface area contributed by atoms with E-state index in [1.165, 1.54) is 69.9 Å². The van der Waals surface area contributed by atoms with Gasteiger partial charge in [-0.15, -0.1) is 13.2 Å². The molecule has 0 amide bonds. The first kappa shape index (κ1) is 17.7. The zero-order chi connectivity index (χ0) is 13.7. The second-order valence-electron chi connectivity index (χ2n) is 5.62. The maximum Gasteiger partial charge on any atom is 0.100 e. The van der Waals surface area contributed by atoms with E-state index in [2.05, 4.69) is 38.4 Å². The molecule has 1 heteroatoms. The van der Waals surface area contributed by atoms with E-state index >= 15 is 0 Å². The first-order chi connectivity index (χ1) is 8.74. The molecule has 0 aliphatic rings. The van der Waals surface area contributed by atoms with Gasteiger partial charge in [0.2, 0.25) is 0 Å². The Morgan fingerprint density at radius 1 is 0.667 bits per heavy atom. The molecule has 0 rings (SSSR count). The summed E-state index contributed by atoms with van der Waals surface area (Å²) in [5.74, 6) is 0. The molecule has 0 aliphatic carbocycles. The van der Waals surface area contributed by atoms with Crippen LogP contribution in [0.3, 0.4) is 0 Å². The van der Waals surface area contributed by atoms with Crippen molar-refractivity contribution in [2.75, 3.05) is 0 Å². The maximum absolute atomic E-state index is 4.09. The summed E-state index contributed by atoms with van der Waals surface area (Å²) < 4.78 is 0. The molecular formula is C17H34Si. The Morgan fingerprint density at radius 3 is 1.61 bits per heavy atom. The standard InChI is InChI=1S/C17H34Si/c1-5-9-11-12-13-14-15-17-18(7-3,8-4)16-10-6-2/h7-8H,3-6,9-17H2,1-2H3. The van der Waals surface area contributed by atoms with Crippen LogP contribution < -0.4 is 0 Å². The van der Waals surface area contributed by atoms with E-state index < -0.39 is 8.07 Å². The van der Waals surface area contributed by atoms with Gasteiger partial charge in [-0.2, -0.15) is 0 Å². The summed E-state index contributed by atoms with van der Waals surface area (Å²) in [6.07, 6.45) is 12.5. The van der Waals surface area contributed by atoms with Gasteiger partial charge in [-0.3, -0.25) is 0 Å². The second-order valence-corrected chi connectivity index (χ2v) is 9.90. The van der Waals surface area contributed by atoms with Gasteiger partial charge in [0, 0.05) is 0 Å². The number of hydrogen-bond acceptors (Lipinski definition) is 0. The van der Waals surface area contributed by atoms with Gasteiger partial charge >= 0.3 is 0 Å². The van der Waals surface area contributed by atoms with Crippen LogP contribution in [0.5, 0.6) is 0 Å². The Morgan fingerprint density at radius 2 is 1.11 bits per heavy atom. The predicted molar refractivity (Wildman–Crippen MR) is 88.7 cm³/mol. The van der Waals surface area contributed by atoms with Crippen molar-refractivity contribution in [3.63, 3.8) is 0 Å². The van der Waals surface area contributed by atoms with Gasteiger partial charge in [0.15, 0.2) is 0 Å². The van der Waals surface area contributed by atoms with Gasteiger partial charge in [-0.25, -0.2) is 0 Å². The lowest BCUT2D eigenvalue weighted by Crippen LogP contribution is -2.28. The molecule has 0 fully saturated rings. The van der Waals surface area contributed by atoms with Crippen molar-refractivity contribution in [1.29, 1.82) is 0 Å². The minimum absolute atomic E-state index is 1.30. The summed E-state index contributed by atoms with van der Waals surface area (Å²) in [5, 5.41) is 0. The minimum Gasteiger partial charge on any atom is -0.107 e. The highest BCUT2D eigenvalue weighted by molar-refractivity contribution is 6.88. The third kappa shape index (κ3) is 7.92. The van der Waals surface area contributed by atoms with E-state index in [1.54, 1.807) is 0 Å². The third-order valence-electron chi connectivity index (χ3n) is 4.05. The maximum atomic E-state index is 4.09. The van der Waals surface area contributed by atoms with Crippen LogP contribution in [-0.2, 0) is 0 Å². The molecule has 0 aromatic carbocycles. The first-order valence-corrected chi connectivity index (χ1v) is 10.6. The predicted octanol–water partition coefficient (Wildman–Crippen LogP) is 6.44. The Kier molecular flexibility index (Phi) is 11.6. The van der Waals surface area contributed by atoms with Crippen LogP contribution in [0.2, 0.25) is 12.1 Å². The van der Waals surface area contributed by atoms with Gasteiger partial charge in [-0.05, 0) is 0 Å². The van der Waals surface area contributed by atoms with E-state index in [0.717, 1.165) is 0 Å². The molecule has 0 radical (unpaired) electrons. The molecule has 0 heterocycles. The molecule has 0 bridgehead atoms. The van der Waals surface area contributed by atoms with E-state index in [1.807, 2.05) is 0 Å². The minimum atomic E-state index is -1.31. The summed E-state index contributed by atoms with van der Waals surface area (Å²) >= 11 is 0. The Balaban J connectivity index is 3.76. The molecular weight excluding hydrogens is 232 g/mol. The lowest BCUT2D eigenvalue weighted by atomic mass is 10.1. The first-order valence-electron chi connectivity index (χ1n) is 8.02. The van der Waals surface area contributed by atoms with E-state index in [4.69, 9.17) is 0 Å². The van der Waals surface area contributed by atoms with Crippen LogP contribution in [0.25, 0.3) is 0 Å². The van der Waals surface area contributed by atoms with Gasteiger partial charge in [0.25, 0.3) is 0 Å². The smallest absolute Gasteiger partial charge is 0.100 e. The van der Waals surface area contributed by atoms with Crippen LogP contribution in [0, 0.1) is 0 Å². The summed E-state index contributed by atoms with van der Waals surface area (Å²) in [5.41, 5.74) is 4.54. The van der Waals surface area contributed by atoms with Crippen molar-refractivity contribution in [3.8, 4) is 0 Å². The molecule has 0 aromatic rings. The van der Waals surface area contributed by atoms with E-state index in [-0.39, 0.29) is 0 Å². The summed E-state index contributed by atoms with van der Waals surface area (Å²) in [4.78, 5) is 0. The van der Waals surface area contributed by atoms with Crippen molar-refractivity contribution in [2.24, 2.45) is 0 Å². The molecule has 0 saturated heterocycles. The van der Waals surface area contributed by atoms with Gasteiger partial charge in [0.1, 0.15) is 8.07 Å². The van der Waals surface area contributed by atoms with Crippen LogP contribution >= 0.6 is 0 Å². The fourth-order valence-corrected chi connectivity index (χ4v) is 5.69. The lowest BCUT2D eigenvalue weighted by molar-refractivity contribution is 0.600. The highest BCUT2D eigenvalue weighted by Crippen LogP contribution is 2.24. The Labute approximate surface area is 117 Å². The highest BCUT2D eigenvalue weighted by Gasteiger charge is 2.23. The van der Waals surface area contributed by atoms with E-state index in [0.29, 0.717) is 0 Å². The van der Waals surface area contributed by atoms with Crippen molar-refractivity contribution in [3.05, 3.63) is 24.6 Å². The second kappa shape index (κ2) is 11.8. The van der Waals surface area contributed by atoms with Crippen LogP contribution in [0.4, 0.5) is 0 Å². The summed E-state index contributed by atoms with van der Waals surface area (Å²) in [6.45, 7) is 12.7. The quantitative estimate of drug-likeness (QED) is 0.266. The van der Waals surface area contributed by atoms with Crippen LogP contribution in [0.1, 0.15) is 71.6 Å². The molecule has 0 saturated carbocycles. The average Bonchev–Trinajstić information content (AvgIpc) is 2.42. The number of rotatable bonds is 13. The fraction of sp³-hybridized carbons (Fsp3) is 0.765. The number of hydrogen-bond donors (Lipinski definition) is 0. The lowest BCUT2D eigenvalue weighted by Gasteiger charge is -2.24. The molecule has 0 spiro atoms. The Bertz CT molecular complexity index is 200. The van der Waals surface area contributed by atoms with E-state index in [9.17, 15) is 0 Å². The molecule has 106 valence electrons. The van der Waals surface area contributed by atoms with Gasteiger partial charge < -0.3 is 0 Å². The Hall–Kier alpha value is -0.303. The molecule has 0 atom stereocenters. The number of unbranched alkanes of at least 4 members (excludes halogenated alkanes) is 7. The van der Waals surface area contributed by atoms with Crippen molar-refractivity contribution < 1.29 is 0 Å². The van der Waals surface area contributed by atoms with Gasteiger partial charge in [-0.1, -0.05) is 95.1 Å². The zero-order valence-corrected chi connectivity index (χ0v) is 13.8. The molecule has 0 aromatic heterocycles. The molecule has 0 unspecified atom stereocenters. The van der Waals surface area contributed by atoms with Crippen molar-refractivity contribution >= 4 is 8.07 Å². The molecule has 0 N–H and O–H groups in total. The molecule has 18 heavy (non-hydrogen) atoms. The topological polar surface area (TPSA) is 0 Å². The van der Waals surface area contributed by atoms with Crippen LogP contribution in [-0.4, -0.2) is 8.07 Å².